The topological polar surface area (TPSA) is 95.6 Å². The molecule has 0 saturated heterocycles. The number of hydrogen-bond acceptors (Lipinski definition) is 7. The molecule has 1 atom stereocenters. The van der Waals surface area contributed by atoms with Crippen LogP contribution in [0.15, 0.2) is 66.8 Å². The predicted molar refractivity (Wildman–Crippen MR) is 117 cm³/mol. The molecule has 0 bridgehead atoms. The van der Waals surface area contributed by atoms with Gasteiger partial charge in [0.05, 0.1) is 12.1 Å². The molecule has 3 aromatic rings. The summed E-state index contributed by atoms with van der Waals surface area (Å²) >= 11 is 0. The van der Waals surface area contributed by atoms with E-state index in [1.165, 1.54) is 0 Å². The van der Waals surface area contributed by atoms with Gasteiger partial charge in [0.2, 0.25) is 5.91 Å². The molecule has 2 N–H and O–H groups in total. The van der Waals surface area contributed by atoms with E-state index in [-0.39, 0.29) is 17.7 Å². The molecule has 2 aliphatic heterocycles. The Morgan fingerprint density at radius 3 is 2.81 bits per heavy atom. The zero-order chi connectivity index (χ0) is 21.8. The van der Waals surface area contributed by atoms with Crippen molar-refractivity contribution in [1.82, 2.24) is 45.2 Å². The maximum atomic E-state index is 12.1. The summed E-state index contributed by atoms with van der Waals surface area (Å²) in [6.07, 6.45) is 15.6. The third-order valence-corrected chi connectivity index (χ3v) is 6.02. The minimum Gasteiger partial charge on any atom is -0.296 e. The molecule has 0 spiro atoms. The van der Waals surface area contributed by atoms with Crippen LogP contribution in [0.3, 0.4) is 0 Å². The van der Waals surface area contributed by atoms with Gasteiger partial charge in [0, 0.05) is 54.6 Å². The highest BCUT2D eigenvalue weighted by atomic mass is 16.2. The fourth-order valence-corrected chi connectivity index (χ4v) is 3.97. The number of nitrogens with zero attached hydrogens (tertiary/aromatic N) is 7. The molecule has 0 aromatic carbocycles. The number of hydrogen-bond donors (Lipinski definition) is 2. The Labute approximate surface area is 184 Å². The van der Waals surface area contributed by atoms with E-state index in [2.05, 4.69) is 33.1 Å². The third-order valence-electron chi connectivity index (χ3n) is 6.02. The van der Waals surface area contributed by atoms with Crippen LogP contribution in [0.4, 0.5) is 0 Å². The van der Waals surface area contributed by atoms with Crippen LogP contribution >= 0.6 is 0 Å². The summed E-state index contributed by atoms with van der Waals surface area (Å²) in [6.45, 7) is 2.09. The number of hydrazine groups is 2. The molecule has 3 aliphatic rings. The van der Waals surface area contributed by atoms with Gasteiger partial charge in [0.25, 0.3) is 0 Å². The van der Waals surface area contributed by atoms with E-state index in [4.69, 9.17) is 0 Å². The zero-order valence-electron chi connectivity index (χ0n) is 17.8. The Morgan fingerprint density at radius 2 is 2.03 bits per heavy atom. The molecule has 10 heteroatoms. The number of rotatable bonds is 5. The van der Waals surface area contributed by atoms with Gasteiger partial charge in [-0.15, -0.1) is 10.2 Å². The van der Waals surface area contributed by atoms with E-state index >= 15 is 0 Å². The van der Waals surface area contributed by atoms with Crippen LogP contribution in [-0.4, -0.2) is 40.3 Å². The van der Waals surface area contributed by atoms with Crippen LogP contribution in [0.2, 0.25) is 0 Å². The average Bonchev–Trinajstić information content (AvgIpc) is 3.24. The first-order valence-corrected chi connectivity index (χ1v) is 10.7. The lowest BCUT2D eigenvalue weighted by Crippen LogP contribution is -2.43. The molecule has 1 fully saturated rings. The Kier molecular flexibility index (Phi) is 4.07. The SMILES string of the molecule is CC(C1=CC=C2N(NC(=O)C3CC3)C=CN2N1)c1nnc2ccc(-c3cnn(C)c3)cn12. The van der Waals surface area contributed by atoms with Crippen molar-refractivity contribution in [3.8, 4) is 11.1 Å². The second kappa shape index (κ2) is 6.98. The van der Waals surface area contributed by atoms with Gasteiger partial charge < -0.3 is 0 Å². The Hall–Kier alpha value is -4.08. The molecule has 3 aromatic heterocycles. The standard InChI is InChI=1S/C22H23N9O/c1-14(18-6-8-20-30(26-18)9-10-31(20)27-22(32)15-3-4-15)21-25-24-19-7-5-16(13-29(19)21)17-11-23-28(2)12-17/h5-15,26H,3-4H2,1-2H3,(H,27,32). The van der Waals surface area contributed by atoms with Gasteiger partial charge in [0.1, 0.15) is 5.82 Å². The van der Waals surface area contributed by atoms with E-state index in [9.17, 15) is 4.79 Å². The Morgan fingerprint density at radius 1 is 1.16 bits per heavy atom. The van der Waals surface area contributed by atoms with Gasteiger partial charge >= 0.3 is 0 Å². The molecule has 10 nitrogen and oxygen atoms in total. The van der Waals surface area contributed by atoms with Crippen molar-refractivity contribution in [3.63, 3.8) is 0 Å². The molecule has 5 heterocycles. The van der Waals surface area contributed by atoms with Gasteiger partial charge in [-0.3, -0.25) is 24.7 Å². The van der Waals surface area contributed by atoms with E-state index in [1.54, 1.807) is 9.69 Å². The van der Waals surface area contributed by atoms with E-state index in [0.717, 1.165) is 47.0 Å². The van der Waals surface area contributed by atoms with Crippen LogP contribution in [0, 0.1) is 5.92 Å². The Balaban J connectivity index is 1.27. The summed E-state index contributed by atoms with van der Waals surface area (Å²) in [7, 11) is 1.91. The second-order valence-corrected chi connectivity index (χ2v) is 8.38. The summed E-state index contributed by atoms with van der Waals surface area (Å²) in [5, 5.41) is 16.7. The van der Waals surface area contributed by atoms with Gasteiger partial charge in [-0.2, -0.15) is 5.10 Å². The summed E-state index contributed by atoms with van der Waals surface area (Å²) < 4.78 is 3.81. The number of amides is 1. The first-order chi connectivity index (χ1) is 15.6. The van der Waals surface area contributed by atoms with Crippen molar-refractivity contribution < 1.29 is 4.79 Å². The number of allylic oxidation sites excluding steroid dienone is 3. The maximum absolute atomic E-state index is 12.1. The van der Waals surface area contributed by atoms with Crippen molar-refractivity contribution >= 4 is 11.6 Å². The smallest absolute Gasteiger partial charge is 0.241 e. The lowest BCUT2D eigenvalue weighted by molar-refractivity contribution is -0.125. The van der Waals surface area contributed by atoms with E-state index < -0.39 is 0 Å². The van der Waals surface area contributed by atoms with Gasteiger partial charge in [-0.05, 0) is 44.1 Å². The lowest BCUT2D eigenvalue weighted by Gasteiger charge is -2.31. The number of nitrogens with one attached hydrogen (secondary N) is 2. The fraction of sp³-hybridized carbons (Fsp3) is 0.273. The van der Waals surface area contributed by atoms with Gasteiger partial charge in [-0.1, -0.05) is 0 Å². The monoisotopic (exact) mass is 429 g/mol. The quantitative estimate of drug-likeness (QED) is 0.641. The summed E-state index contributed by atoms with van der Waals surface area (Å²) in [6, 6.07) is 4.00. The summed E-state index contributed by atoms with van der Waals surface area (Å²) in [5.41, 5.74) is 10.2. The van der Waals surface area contributed by atoms with E-state index in [0.29, 0.717) is 0 Å². The molecule has 1 unspecified atom stereocenters. The summed E-state index contributed by atoms with van der Waals surface area (Å²) in [5.74, 6) is 1.87. The highest BCUT2D eigenvalue weighted by Crippen LogP contribution is 2.31. The van der Waals surface area contributed by atoms with Crippen molar-refractivity contribution in [2.75, 3.05) is 0 Å². The fourth-order valence-electron chi connectivity index (χ4n) is 3.97. The average molecular weight is 429 g/mol. The minimum atomic E-state index is -0.0320. The van der Waals surface area contributed by atoms with Crippen LogP contribution in [0.5, 0.6) is 0 Å². The van der Waals surface area contributed by atoms with Crippen molar-refractivity contribution in [1.29, 1.82) is 0 Å². The number of carbonyl (C=O) groups excluding carboxylic acids is 1. The van der Waals surface area contributed by atoms with Crippen molar-refractivity contribution in [3.05, 3.63) is 72.6 Å². The normalized spacial score (nSPS) is 18.3. The van der Waals surface area contributed by atoms with Gasteiger partial charge in [0.15, 0.2) is 11.5 Å². The highest BCUT2D eigenvalue weighted by molar-refractivity contribution is 5.80. The van der Waals surface area contributed by atoms with Crippen LogP contribution in [0.25, 0.3) is 16.8 Å². The number of carbonyl (C=O) groups is 1. The van der Waals surface area contributed by atoms with Crippen LogP contribution in [0.1, 0.15) is 31.5 Å². The lowest BCUT2D eigenvalue weighted by atomic mass is 10.1. The van der Waals surface area contributed by atoms with Crippen LogP contribution < -0.4 is 10.9 Å². The molecule has 1 aliphatic carbocycles. The molecular formula is C22H23N9O. The number of fused-ring (bicyclic) bond motifs is 2. The molecule has 6 rings (SSSR count). The van der Waals surface area contributed by atoms with Gasteiger partial charge in [-0.25, -0.2) is 10.0 Å². The Bertz CT molecular complexity index is 1310. The second-order valence-electron chi connectivity index (χ2n) is 8.38. The van der Waals surface area contributed by atoms with Crippen molar-refractivity contribution in [2.24, 2.45) is 13.0 Å². The molecule has 1 amide bonds. The molecule has 162 valence electrons. The first kappa shape index (κ1) is 18.7. The number of pyridine rings is 1. The number of aromatic nitrogens is 5. The first-order valence-electron chi connectivity index (χ1n) is 10.7. The third kappa shape index (κ3) is 3.11. The molecular weight excluding hydrogens is 406 g/mol. The van der Waals surface area contributed by atoms with Crippen molar-refractivity contribution in [2.45, 2.75) is 25.7 Å². The summed E-state index contributed by atoms with van der Waals surface area (Å²) in [4.78, 5) is 12.1. The molecule has 32 heavy (non-hydrogen) atoms. The van der Waals surface area contributed by atoms with Crippen LogP contribution in [-0.2, 0) is 11.8 Å². The maximum Gasteiger partial charge on any atom is 0.241 e. The molecule has 1 saturated carbocycles. The predicted octanol–water partition coefficient (Wildman–Crippen LogP) is 2.01. The molecule has 0 radical (unpaired) electrons. The van der Waals surface area contributed by atoms with E-state index in [1.807, 2.05) is 71.7 Å². The number of aryl methyl sites for hydroxylation is 1. The highest BCUT2D eigenvalue weighted by Gasteiger charge is 2.33. The largest absolute Gasteiger partial charge is 0.296 e. The minimum absolute atomic E-state index is 0.0320. The zero-order valence-corrected chi connectivity index (χ0v) is 17.8.